The molecular weight excluding hydrogens is 771 g/mol. The van der Waals surface area contributed by atoms with Crippen LogP contribution in [-0.2, 0) is 0 Å². The molecule has 0 saturated heterocycles. The fourth-order valence-electron chi connectivity index (χ4n) is 9.42. The van der Waals surface area contributed by atoms with Gasteiger partial charge in [0, 0.05) is 60.4 Å². The Kier molecular flexibility index (Phi) is 7.80. The number of hydrogen-bond acceptors (Lipinski definition) is 4. The number of hydrogen-bond donors (Lipinski definition) is 0. The zero-order valence-electron chi connectivity index (χ0n) is 33.9. The molecule has 9 aromatic carbocycles. The molecule has 0 aliphatic heterocycles. The second-order valence-electron chi connectivity index (χ2n) is 16.0. The van der Waals surface area contributed by atoms with Crippen molar-refractivity contribution in [3.05, 3.63) is 212 Å². The van der Waals surface area contributed by atoms with Crippen molar-refractivity contribution in [3.8, 4) is 56.7 Å². The second kappa shape index (κ2) is 14.0. The van der Waals surface area contributed by atoms with Gasteiger partial charge in [0.2, 0.25) is 0 Å². The minimum atomic E-state index is 0.575. The summed E-state index contributed by atoms with van der Waals surface area (Å²) in [7, 11) is 0. The van der Waals surface area contributed by atoms with E-state index < -0.39 is 0 Å². The summed E-state index contributed by atoms with van der Waals surface area (Å²) in [6, 6.07) is 74.5. The molecule has 13 aromatic rings. The minimum Gasteiger partial charge on any atom is -0.456 e. The summed E-state index contributed by atoms with van der Waals surface area (Å²) in [5.74, 6) is 1.77. The van der Waals surface area contributed by atoms with E-state index in [1.54, 1.807) is 0 Å². The molecule has 0 aliphatic carbocycles. The molecule has 0 aliphatic rings. The van der Waals surface area contributed by atoms with Crippen LogP contribution in [0.15, 0.2) is 217 Å². The highest BCUT2D eigenvalue weighted by Crippen LogP contribution is 2.40. The lowest BCUT2D eigenvalue weighted by Crippen LogP contribution is -2.01. The van der Waals surface area contributed by atoms with E-state index in [4.69, 9.17) is 19.4 Å². The molecule has 4 heterocycles. The second-order valence-corrected chi connectivity index (χ2v) is 16.0. The molecule has 294 valence electrons. The van der Waals surface area contributed by atoms with Crippen LogP contribution in [0.2, 0.25) is 0 Å². The molecule has 0 radical (unpaired) electrons. The van der Waals surface area contributed by atoms with Crippen LogP contribution in [0, 0.1) is 0 Å². The van der Waals surface area contributed by atoms with Gasteiger partial charge in [-0.05, 0) is 83.9 Å². The van der Waals surface area contributed by atoms with E-state index in [9.17, 15) is 0 Å². The van der Waals surface area contributed by atoms with Crippen molar-refractivity contribution in [2.45, 2.75) is 0 Å². The Labute approximate surface area is 361 Å². The number of nitrogens with zero attached hydrogens (tertiary/aromatic N) is 5. The van der Waals surface area contributed by atoms with Crippen LogP contribution in [0.25, 0.3) is 122 Å². The molecule has 6 nitrogen and oxygen atoms in total. The van der Waals surface area contributed by atoms with Crippen LogP contribution in [0.5, 0.6) is 0 Å². The van der Waals surface area contributed by atoms with E-state index in [0.717, 1.165) is 72.2 Å². The Morgan fingerprint density at radius 1 is 0.270 bits per heavy atom. The van der Waals surface area contributed by atoms with E-state index >= 15 is 0 Å². The molecule has 6 heteroatoms. The van der Waals surface area contributed by atoms with Crippen LogP contribution in [0.4, 0.5) is 0 Å². The van der Waals surface area contributed by atoms with Crippen molar-refractivity contribution in [2.24, 2.45) is 0 Å². The molecule has 0 unspecified atom stereocenters. The van der Waals surface area contributed by atoms with Gasteiger partial charge in [-0.1, -0.05) is 140 Å². The lowest BCUT2D eigenvalue weighted by atomic mass is 10.0. The zero-order chi connectivity index (χ0) is 41.4. The first kappa shape index (κ1) is 35.2. The normalized spacial score (nSPS) is 11.8. The van der Waals surface area contributed by atoms with Gasteiger partial charge in [-0.2, -0.15) is 0 Å². The summed E-state index contributed by atoms with van der Waals surface area (Å²) in [4.78, 5) is 15.4. The van der Waals surface area contributed by atoms with Gasteiger partial charge in [-0.15, -0.1) is 0 Å². The van der Waals surface area contributed by atoms with Crippen molar-refractivity contribution in [2.75, 3.05) is 0 Å². The number of fused-ring (bicyclic) bond motifs is 9. The molecular formula is C57H35N5O. The molecule has 0 N–H and O–H groups in total. The van der Waals surface area contributed by atoms with Gasteiger partial charge >= 0.3 is 0 Å². The number of rotatable bonds is 6. The fourth-order valence-corrected chi connectivity index (χ4v) is 9.42. The van der Waals surface area contributed by atoms with Gasteiger partial charge < -0.3 is 13.6 Å². The first-order valence-electron chi connectivity index (χ1n) is 21.2. The molecule has 0 bridgehead atoms. The summed E-state index contributed by atoms with van der Waals surface area (Å²) in [5.41, 5.74) is 13.3. The number of benzene rings is 9. The maximum absolute atomic E-state index is 6.53. The van der Waals surface area contributed by atoms with E-state index in [2.05, 4.69) is 185 Å². The van der Waals surface area contributed by atoms with E-state index in [1.807, 2.05) is 36.4 Å². The van der Waals surface area contributed by atoms with Gasteiger partial charge in [0.05, 0.1) is 22.1 Å². The Bertz CT molecular complexity index is 3900. The first-order chi connectivity index (χ1) is 31.2. The summed E-state index contributed by atoms with van der Waals surface area (Å²) in [6.07, 6.45) is 0. The van der Waals surface area contributed by atoms with Crippen LogP contribution in [-0.4, -0.2) is 24.1 Å². The predicted octanol–water partition coefficient (Wildman–Crippen LogP) is 14.6. The van der Waals surface area contributed by atoms with Crippen molar-refractivity contribution in [3.63, 3.8) is 0 Å². The summed E-state index contributed by atoms with van der Waals surface area (Å²) < 4.78 is 11.3. The smallest absolute Gasteiger partial charge is 0.164 e. The lowest BCUT2D eigenvalue weighted by Gasteiger charge is -2.12. The van der Waals surface area contributed by atoms with Gasteiger partial charge in [0.15, 0.2) is 17.5 Å². The molecule has 0 fully saturated rings. The molecule has 13 rings (SSSR count). The maximum atomic E-state index is 6.53. The van der Waals surface area contributed by atoms with Crippen LogP contribution in [0.3, 0.4) is 0 Å². The number of aromatic nitrogens is 5. The highest BCUT2D eigenvalue weighted by Gasteiger charge is 2.20. The summed E-state index contributed by atoms with van der Waals surface area (Å²) in [5, 5.41) is 6.92. The SMILES string of the molecule is c1ccc(-c2ccc3c(c2)oc2cc(-c4nc(-c5ccccc5)nc(-c5cccc(-n6c7ccccc7c7cc8c(cc76)c6ccccc6n8-c6ccccc6)c5)n4)ccc23)cc1. The Hall–Kier alpha value is -8.61. The van der Waals surface area contributed by atoms with E-state index in [0.29, 0.717) is 17.5 Å². The Morgan fingerprint density at radius 2 is 0.714 bits per heavy atom. The van der Waals surface area contributed by atoms with Gasteiger partial charge in [-0.3, -0.25) is 0 Å². The van der Waals surface area contributed by atoms with Crippen LogP contribution >= 0.6 is 0 Å². The largest absolute Gasteiger partial charge is 0.456 e. The average molecular weight is 806 g/mol. The van der Waals surface area contributed by atoms with E-state index in [1.165, 1.54) is 32.6 Å². The standard InChI is InChI=1S/C57H35N5O/c1-4-15-36(16-5-1)38-27-29-45-46-30-28-40(33-54(46)63-53(45)32-38)57-59-55(37-17-6-2-7-18-37)58-56(60-57)39-19-14-22-42(31-39)62-50-26-13-11-24-44(50)48-34-51-47(35-52(48)62)43-23-10-12-25-49(43)61(51)41-20-8-3-9-21-41/h1-35H. The summed E-state index contributed by atoms with van der Waals surface area (Å²) in [6.45, 7) is 0. The monoisotopic (exact) mass is 805 g/mol. The third-order valence-electron chi connectivity index (χ3n) is 12.3. The van der Waals surface area contributed by atoms with Crippen molar-refractivity contribution < 1.29 is 4.42 Å². The summed E-state index contributed by atoms with van der Waals surface area (Å²) >= 11 is 0. The zero-order valence-corrected chi connectivity index (χ0v) is 33.9. The van der Waals surface area contributed by atoms with Gasteiger partial charge in [-0.25, -0.2) is 15.0 Å². The fraction of sp³-hybridized carbons (Fsp3) is 0. The Morgan fingerprint density at radius 3 is 1.33 bits per heavy atom. The molecule has 0 saturated carbocycles. The van der Waals surface area contributed by atoms with Crippen LogP contribution < -0.4 is 0 Å². The predicted molar refractivity (Wildman–Crippen MR) is 258 cm³/mol. The van der Waals surface area contributed by atoms with Gasteiger partial charge in [0.1, 0.15) is 11.2 Å². The quantitative estimate of drug-likeness (QED) is 0.168. The average Bonchev–Trinajstić information content (AvgIpc) is 4.00. The third-order valence-corrected chi connectivity index (χ3v) is 12.3. The molecule has 4 aromatic heterocycles. The topological polar surface area (TPSA) is 61.7 Å². The molecule has 0 spiro atoms. The molecule has 63 heavy (non-hydrogen) atoms. The van der Waals surface area contributed by atoms with Crippen LogP contribution in [0.1, 0.15) is 0 Å². The first-order valence-corrected chi connectivity index (χ1v) is 21.2. The molecule has 0 atom stereocenters. The minimum absolute atomic E-state index is 0.575. The highest BCUT2D eigenvalue weighted by atomic mass is 16.3. The molecule has 0 amide bonds. The third kappa shape index (κ3) is 5.69. The van der Waals surface area contributed by atoms with Crippen molar-refractivity contribution >= 4 is 65.6 Å². The Balaban J connectivity index is 0.974. The maximum Gasteiger partial charge on any atom is 0.164 e. The van der Waals surface area contributed by atoms with Gasteiger partial charge in [0.25, 0.3) is 0 Å². The number of furan rings is 1. The van der Waals surface area contributed by atoms with E-state index in [-0.39, 0.29) is 0 Å². The number of para-hydroxylation sites is 3. The highest BCUT2D eigenvalue weighted by molar-refractivity contribution is 6.19. The van der Waals surface area contributed by atoms with Crippen molar-refractivity contribution in [1.29, 1.82) is 0 Å². The lowest BCUT2D eigenvalue weighted by molar-refractivity contribution is 0.669. The van der Waals surface area contributed by atoms with Crippen molar-refractivity contribution in [1.82, 2.24) is 24.1 Å².